The second-order valence-electron chi connectivity index (χ2n) is 9.99. The molecule has 1 heterocycles. The summed E-state index contributed by atoms with van der Waals surface area (Å²) in [6.07, 6.45) is 0.829. The number of hydrogen-bond donors (Lipinski definition) is 1. The lowest BCUT2D eigenvalue weighted by molar-refractivity contribution is -0.645. The number of benzene rings is 1. The highest BCUT2D eigenvalue weighted by atomic mass is 16.5. The molecule has 6 aliphatic carbocycles. The Hall–Kier alpha value is -2.08. The maximum Gasteiger partial charge on any atom is 0.260 e. The molecular weight excluding hydrogens is 368 g/mol. The van der Waals surface area contributed by atoms with Crippen molar-refractivity contribution in [2.75, 3.05) is 39.4 Å². The summed E-state index contributed by atoms with van der Waals surface area (Å²) in [5.74, 6) is 4.72. The topological polar surface area (TPSA) is 70.1 Å². The fourth-order valence-electron chi connectivity index (χ4n) is 8.89. The predicted molar refractivity (Wildman–Crippen MR) is 103 cm³/mol. The Kier molecular flexibility index (Phi) is 2.96. The second kappa shape index (κ2) is 5.15. The Bertz CT molecular complexity index is 861. The first kappa shape index (κ1) is 16.7. The van der Waals surface area contributed by atoms with Gasteiger partial charge in [0.15, 0.2) is 6.61 Å². The smallest absolute Gasteiger partial charge is 0.260 e. The summed E-state index contributed by atoms with van der Waals surface area (Å²) in [6, 6.07) is 9.40. The van der Waals surface area contributed by atoms with Crippen LogP contribution in [0, 0.1) is 46.3 Å². The minimum absolute atomic E-state index is 0.00974. The number of carbonyl (C=O) groups is 2. The molecule has 0 spiro atoms. The van der Waals surface area contributed by atoms with E-state index >= 15 is 0 Å². The van der Waals surface area contributed by atoms with Crippen molar-refractivity contribution in [3.8, 4) is 5.75 Å². The molecule has 7 fully saturated rings. The summed E-state index contributed by atoms with van der Waals surface area (Å²) in [6.45, 7) is 3.05. The Balaban J connectivity index is 0.976. The molecule has 0 atom stereocenters. The standard InChI is InChI=1S/C23H26N2O4/c26-12-22-15-18-16(22)20-17(22)19(15)23(18,20)21(28)25-8-4-7-24(9-10-25)14(27)11-29-13-5-2-1-3-6-13/h1-3,5-6,15-20,26H,4,7-12H2. The van der Waals surface area contributed by atoms with E-state index in [0.717, 1.165) is 13.0 Å². The van der Waals surface area contributed by atoms with E-state index in [1.165, 1.54) is 0 Å². The molecule has 0 radical (unpaired) electrons. The zero-order valence-electron chi connectivity index (χ0n) is 16.4. The van der Waals surface area contributed by atoms with Gasteiger partial charge in [-0.05, 0) is 54.1 Å². The number of nitrogens with zero attached hydrogens (tertiary/aromatic N) is 2. The average Bonchev–Trinajstić information content (AvgIpc) is 3.03. The molecule has 1 aromatic carbocycles. The Morgan fingerprint density at radius 2 is 1.55 bits per heavy atom. The van der Waals surface area contributed by atoms with Crippen LogP contribution in [0.3, 0.4) is 0 Å². The van der Waals surface area contributed by atoms with Crippen LogP contribution in [0.25, 0.3) is 0 Å². The van der Waals surface area contributed by atoms with Gasteiger partial charge in [-0.25, -0.2) is 0 Å². The molecule has 2 amide bonds. The molecule has 152 valence electrons. The highest BCUT2D eigenvalue weighted by Crippen LogP contribution is 3.10. The molecular formula is C23H26N2O4. The highest BCUT2D eigenvalue weighted by Gasteiger charge is 3.11. The van der Waals surface area contributed by atoms with Crippen LogP contribution < -0.4 is 4.74 Å². The van der Waals surface area contributed by atoms with E-state index in [0.29, 0.717) is 73.4 Å². The monoisotopic (exact) mass is 394 g/mol. The third-order valence-electron chi connectivity index (χ3n) is 9.72. The van der Waals surface area contributed by atoms with Crippen LogP contribution in [-0.4, -0.2) is 66.1 Å². The number of aliphatic hydroxyl groups is 1. The van der Waals surface area contributed by atoms with Gasteiger partial charge in [0.1, 0.15) is 5.75 Å². The number of para-hydroxylation sites is 1. The molecule has 6 saturated carbocycles. The molecule has 0 bridgehead atoms. The van der Waals surface area contributed by atoms with Crippen LogP contribution in [0.5, 0.6) is 5.75 Å². The van der Waals surface area contributed by atoms with Gasteiger partial charge in [0.25, 0.3) is 5.91 Å². The number of rotatable bonds is 5. The second-order valence-corrected chi connectivity index (χ2v) is 9.99. The summed E-state index contributed by atoms with van der Waals surface area (Å²) in [7, 11) is 0. The van der Waals surface area contributed by atoms with E-state index < -0.39 is 0 Å². The molecule has 6 heteroatoms. The van der Waals surface area contributed by atoms with Crippen molar-refractivity contribution < 1.29 is 19.4 Å². The van der Waals surface area contributed by atoms with E-state index in [-0.39, 0.29) is 23.3 Å². The summed E-state index contributed by atoms with van der Waals surface area (Å²) in [5.41, 5.74) is 0.204. The first-order valence-electron chi connectivity index (χ1n) is 11.0. The molecule has 7 aliphatic rings. The van der Waals surface area contributed by atoms with Crippen LogP contribution in [0.15, 0.2) is 30.3 Å². The molecule has 1 saturated heterocycles. The first-order valence-corrected chi connectivity index (χ1v) is 11.0. The van der Waals surface area contributed by atoms with Crippen molar-refractivity contribution in [2.24, 2.45) is 46.3 Å². The van der Waals surface area contributed by atoms with Crippen LogP contribution >= 0.6 is 0 Å². The predicted octanol–water partition coefficient (Wildman–Crippen LogP) is 0.857. The van der Waals surface area contributed by atoms with Crippen LogP contribution in [0.2, 0.25) is 0 Å². The fraction of sp³-hybridized carbons (Fsp3) is 0.652. The minimum atomic E-state index is -0.0491. The van der Waals surface area contributed by atoms with Gasteiger partial charge in [0.2, 0.25) is 5.91 Å². The van der Waals surface area contributed by atoms with E-state index in [9.17, 15) is 14.7 Å². The number of hydrogen-bond acceptors (Lipinski definition) is 4. The van der Waals surface area contributed by atoms with E-state index in [4.69, 9.17) is 4.74 Å². The molecule has 1 aliphatic heterocycles. The van der Waals surface area contributed by atoms with E-state index in [1.54, 1.807) is 0 Å². The van der Waals surface area contributed by atoms with Crippen molar-refractivity contribution in [1.82, 2.24) is 9.80 Å². The maximum absolute atomic E-state index is 13.5. The Labute approximate surface area is 169 Å². The summed E-state index contributed by atoms with van der Waals surface area (Å²) < 4.78 is 5.61. The summed E-state index contributed by atoms with van der Waals surface area (Å²) in [4.78, 5) is 29.9. The Morgan fingerprint density at radius 1 is 0.931 bits per heavy atom. The van der Waals surface area contributed by atoms with Gasteiger partial charge in [-0.1, -0.05) is 18.2 Å². The van der Waals surface area contributed by atoms with Gasteiger partial charge >= 0.3 is 0 Å². The van der Waals surface area contributed by atoms with Crippen LogP contribution in [0.4, 0.5) is 0 Å². The van der Waals surface area contributed by atoms with Crippen molar-refractivity contribution in [3.63, 3.8) is 0 Å². The maximum atomic E-state index is 13.5. The fourth-order valence-corrected chi connectivity index (χ4v) is 8.89. The largest absolute Gasteiger partial charge is 0.484 e. The molecule has 6 nitrogen and oxygen atoms in total. The highest BCUT2D eigenvalue weighted by molar-refractivity contribution is 5.92. The normalized spacial score (nSPS) is 46.8. The van der Waals surface area contributed by atoms with Crippen molar-refractivity contribution >= 4 is 11.8 Å². The lowest BCUT2D eigenvalue weighted by Gasteiger charge is -3.10. The summed E-state index contributed by atoms with van der Waals surface area (Å²) >= 11 is 0. The number of aliphatic hydroxyl groups excluding tert-OH is 1. The zero-order chi connectivity index (χ0) is 19.5. The molecule has 1 N–H and O–H groups in total. The van der Waals surface area contributed by atoms with Crippen molar-refractivity contribution in [2.45, 2.75) is 6.42 Å². The van der Waals surface area contributed by atoms with Gasteiger partial charge in [0, 0.05) is 38.2 Å². The lowest BCUT2D eigenvalue weighted by atomic mass is 8.92. The molecule has 29 heavy (non-hydrogen) atoms. The van der Waals surface area contributed by atoms with Crippen molar-refractivity contribution in [1.29, 1.82) is 0 Å². The third kappa shape index (κ3) is 1.52. The van der Waals surface area contributed by atoms with Gasteiger partial charge in [-0.15, -0.1) is 0 Å². The Morgan fingerprint density at radius 3 is 2.21 bits per heavy atom. The average molecular weight is 394 g/mol. The molecule has 8 rings (SSSR count). The third-order valence-corrected chi connectivity index (χ3v) is 9.72. The number of carbonyl (C=O) groups excluding carboxylic acids is 2. The molecule has 0 aromatic heterocycles. The van der Waals surface area contributed by atoms with Gasteiger partial charge < -0.3 is 19.6 Å². The van der Waals surface area contributed by atoms with Gasteiger partial charge in [-0.3, -0.25) is 9.59 Å². The molecule has 1 aromatic rings. The van der Waals surface area contributed by atoms with Gasteiger partial charge in [0.05, 0.1) is 5.41 Å². The van der Waals surface area contributed by atoms with Crippen molar-refractivity contribution in [3.05, 3.63) is 30.3 Å². The zero-order valence-corrected chi connectivity index (χ0v) is 16.4. The summed E-state index contributed by atoms with van der Waals surface area (Å²) in [5, 5.41) is 9.78. The molecule has 0 unspecified atom stereocenters. The van der Waals surface area contributed by atoms with Crippen LogP contribution in [0.1, 0.15) is 6.42 Å². The SMILES string of the molecule is O=C(COc1ccccc1)N1CCCN(C(=O)C23C4C5C2C2C3C4C52CO)CC1. The lowest BCUT2D eigenvalue weighted by Crippen LogP contribution is -3.11. The number of ether oxygens (including phenoxy) is 1. The number of amides is 2. The quantitative estimate of drug-likeness (QED) is 0.804. The van der Waals surface area contributed by atoms with E-state index in [1.807, 2.05) is 40.1 Å². The minimum Gasteiger partial charge on any atom is -0.484 e. The van der Waals surface area contributed by atoms with E-state index in [2.05, 4.69) is 0 Å². The van der Waals surface area contributed by atoms with Gasteiger partial charge in [-0.2, -0.15) is 0 Å². The van der Waals surface area contributed by atoms with Crippen LogP contribution in [-0.2, 0) is 9.59 Å². The first-order chi connectivity index (χ1) is 14.2.